The van der Waals surface area contributed by atoms with Crippen molar-refractivity contribution in [3.05, 3.63) is 35.1 Å². The van der Waals surface area contributed by atoms with Gasteiger partial charge in [-0.25, -0.2) is 0 Å². The summed E-state index contributed by atoms with van der Waals surface area (Å²) in [6, 6.07) is 6.68. The van der Waals surface area contributed by atoms with E-state index in [9.17, 15) is 0 Å². The fourth-order valence-corrected chi connectivity index (χ4v) is 2.29. The Balaban J connectivity index is 2.65. The molecule has 1 heterocycles. The summed E-state index contributed by atoms with van der Waals surface area (Å²) in [5, 5.41) is 4.36. The molecule has 98 valence electrons. The Morgan fingerprint density at radius 3 is 2.44 bits per heavy atom. The Hall–Kier alpha value is -1.28. The summed E-state index contributed by atoms with van der Waals surface area (Å²) in [6.45, 7) is 9.69. The first-order valence-corrected chi connectivity index (χ1v) is 6.66. The average molecular weight is 245 g/mol. The molecule has 0 aliphatic heterocycles. The molecule has 2 aromatic rings. The minimum absolute atomic E-state index is 0.109. The van der Waals surface area contributed by atoms with Crippen LogP contribution in [0.2, 0.25) is 0 Å². The monoisotopic (exact) mass is 245 g/mol. The van der Waals surface area contributed by atoms with Gasteiger partial charge in [0.1, 0.15) is 11.3 Å². The van der Waals surface area contributed by atoms with Crippen LogP contribution in [0.5, 0.6) is 0 Å². The van der Waals surface area contributed by atoms with Crippen molar-refractivity contribution < 1.29 is 4.42 Å². The second-order valence-electron chi connectivity index (χ2n) is 5.91. The SMILES string of the molecule is CCc1cc(C(C)(C)C)c2oc(CNC)cc2c1. The van der Waals surface area contributed by atoms with Gasteiger partial charge in [0.15, 0.2) is 0 Å². The number of hydrogen-bond donors (Lipinski definition) is 1. The molecule has 18 heavy (non-hydrogen) atoms. The number of furan rings is 1. The van der Waals surface area contributed by atoms with E-state index in [1.54, 1.807) is 0 Å². The first kappa shape index (κ1) is 13.2. The third kappa shape index (κ3) is 2.44. The van der Waals surface area contributed by atoms with Gasteiger partial charge in [-0.3, -0.25) is 0 Å². The molecule has 0 atom stereocenters. The molecule has 1 aromatic carbocycles. The molecule has 0 aliphatic rings. The van der Waals surface area contributed by atoms with Crippen LogP contribution in [0, 0.1) is 0 Å². The van der Waals surface area contributed by atoms with Crippen LogP contribution in [0.15, 0.2) is 22.6 Å². The molecule has 0 saturated heterocycles. The van der Waals surface area contributed by atoms with E-state index in [1.807, 2.05) is 7.05 Å². The topological polar surface area (TPSA) is 25.2 Å². The van der Waals surface area contributed by atoms with Gasteiger partial charge in [-0.05, 0) is 36.6 Å². The maximum absolute atomic E-state index is 6.00. The summed E-state index contributed by atoms with van der Waals surface area (Å²) in [7, 11) is 1.94. The zero-order valence-corrected chi connectivity index (χ0v) is 12.1. The van der Waals surface area contributed by atoms with Crippen LogP contribution in [-0.4, -0.2) is 7.05 Å². The van der Waals surface area contributed by atoms with Crippen molar-refractivity contribution in [2.45, 2.75) is 46.1 Å². The predicted octanol–water partition coefficient (Wildman–Crippen LogP) is 4.01. The Morgan fingerprint density at radius 2 is 1.89 bits per heavy atom. The lowest BCUT2D eigenvalue weighted by atomic mass is 9.85. The number of rotatable bonds is 3. The number of aryl methyl sites for hydroxylation is 1. The second-order valence-corrected chi connectivity index (χ2v) is 5.91. The molecular formula is C16H23NO. The fourth-order valence-electron chi connectivity index (χ4n) is 2.29. The lowest BCUT2D eigenvalue weighted by molar-refractivity contribution is 0.512. The van der Waals surface area contributed by atoms with Gasteiger partial charge in [-0.1, -0.05) is 33.8 Å². The van der Waals surface area contributed by atoms with Crippen molar-refractivity contribution in [1.29, 1.82) is 0 Å². The average Bonchev–Trinajstić information content (AvgIpc) is 2.68. The Morgan fingerprint density at radius 1 is 1.17 bits per heavy atom. The minimum Gasteiger partial charge on any atom is -0.459 e. The third-order valence-electron chi connectivity index (χ3n) is 3.29. The van der Waals surface area contributed by atoms with Crippen LogP contribution >= 0.6 is 0 Å². The highest BCUT2D eigenvalue weighted by Gasteiger charge is 2.20. The lowest BCUT2D eigenvalue weighted by Gasteiger charge is -2.20. The molecule has 0 amide bonds. The molecule has 0 saturated carbocycles. The van der Waals surface area contributed by atoms with Crippen LogP contribution < -0.4 is 5.32 Å². The molecule has 0 radical (unpaired) electrons. The maximum Gasteiger partial charge on any atom is 0.138 e. The van der Waals surface area contributed by atoms with E-state index in [4.69, 9.17) is 4.42 Å². The summed E-state index contributed by atoms with van der Waals surface area (Å²) >= 11 is 0. The normalized spacial score (nSPS) is 12.3. The zero-order valence-electron chi connectivity index (χ0n) is 12.1. The first-order chi connectivity index (χ1) is 8.45. The highest BCUT2D eigenvalue weighted by atomic mass is 16.3. The Labute approximate surface area is 109 Å². The zero-order chi connectivity index (χ0) is 13.3. The number of nitrogens with one attached hydrogen (secondary N) is 1. The van der Waals surface area contributed by atoms with Crippen molar-refractivity contribution in [2.24, 2.45) is 0 Å². The molecule has 2 heteroatoms. The molecule has 1 N–H and O–H groups in total. The van der Waals surface area contributed by atoms with Gasteiger partial charge in [0.2, 0.25) is 0 Å². The number of hydrogen-bond acceptors (Lipinski definition) is 2. The first-order valence-electron chi connectivity index (χ1n) is 6.66. The molecule has 0 aliphatic carbocycles. The molecule has 2 rings (SSSR count). The molecule has 0 fully saturated rings. The van der Waals surface area contributed by atoms with E-state index in [1.165, 1.54) is 16.5 Å². The number of benzene rings is 1. The standard InChI is InChI=1S/C16H23NO/c1-6-11-7-12-9-13(10-17-5)18-15(12)14(8-11)16(2,3)4/h7-9,17H,6,10H2,1-5H3. The summed E-state index contributed by atoms with van der Waals surface area (Å²) in [6.07, 6.45) is 1.06. The molecule has 0 spiro atoms. The van der Waals surface area contributed by atoms with Crippen molar-refractivity contribution in [2.75, 3.05) is 7.05 Å². The van der Waals surface area contributed by atoms with Gasteiger partial charge in [0, 0.05) is 10.9 Å². The minimum atomic E-state index is 0.109. The highest BCUT2D eigenvalue weighted by molar-refractivity contribution is 5.83. The summed E-state index contributed by atoms with van der Waals surface area (Å²) in [5.41, 5.74) is 3.84. The maximum atomic E-state index is 6.00. The van der Waals surface area contributed by atoms with Crippen LogP contribution in [0.4, 0.5) is 0 Å². The van der Waals surface area contributed by atoms with Gasteiger partial charge in [0.25, 0.3) is 0 Å². The van der Waals surface area contributed by atoms with Crippen molar-refractivity contribution in [3.8, 4) is 0 Å². The molecule has 2 nitrogen and oxygen atoms in total. The van der Waals surface area contributed by atoms with Gasteiger partial charge in [0.05, 0.1) is 6.54 Å². The van der Waals surface area contributed by atoms with E-state index < -0.39 is 0 Å². The van der Waals surface area contributed by atoms with Crippen molar-refractivity contribution in [3.63, 3.8) is 0 Å². The van der Waals surface area contributed by atoms with Crippen molar-refractivity contribution in [1.82, 2.24) is 5.32 Å². The van der Waals surface area contributed by atoms with E-state index in [0.29, 0.717) is 0 Å². The predicted molar refractivity (Wildman–Crippen MR) is 77.1 cm³/mol. The summed E-state index contributed by atoms with van der Waals surface area (Å²) in [5.74, 6) is 1.01. The molecule has 0 unspecified atom stereocenters. The van der Waals surface area contributed by atoms with E-state index in [0.717, 1.165) is 24.3 Å². The van der Waals surface area contributed by atoms with Crippen LogP contribution in [0.3, 0.4) is 0 Å². The van der Waals surface area contributed by atoms with Gasteiger partial charge < -0.3 is 9.73 Å². The second kappa shape index (κ2) is 4.77. The Bertz CT molecular complexity index is 546. The van der Waals surface area contributed by atoms with Gasteiger partial charge in [-0.15, -0.1) is 0 Å². The van der Waals surface area contributed by atoms with E-state index >= 15 is 0 Å². The van der Waals surface area contributed by atoms with E-state index in [-0.39, 0.29) is 5.41 Å². The molecule has 0 bridgehead atoms. The largest absolute Gasteiger partial charge is 0.459 e. The van der Waals surface area contributed by atoms with Gasteiger partial charge in [-0.2, -0.15) is 0 Å². The van der Waals surface area contributed by atoms with Crippen LogP contribution in [0.25, 0.3) is 11.0 Å². The molecular weight excluding hydrogens is 222 g/mol. The third-order valence-corrected chi connectivity index (χ3v) is 3.29. The van der Waals surface area contributed by atoms with Gasteiger partial charge >= 0.3 is 0 Å². The highest BCUT2D eigenvalue weighted by Crippen LogP contribution is 2.33. The lowest BCUT2D eigenvalue weighted by Crippen LogP contribution is -2.11. The fraction of sp³-hybridized carbons (Fsp3) is 0.500. The van der Waals surface area contributed by atoms with E-state index in [2.05, 4.69) is 51.2 Å². The van der Waals surface area contributed by atoms with Crippen LogP contribution in [-0.2, 0) is 18.4 Å². The summed E-state index contributed by atoms with van der Waals surface area (Å²) in [4.78, 5) is 0. The van der Waals surface area contributed by atoms with Crippen molar-refractivity contribution >= 4 is 11.0 Å². The van der Waals surface area contributed by atoms with Crippen LogP contribution in [0.1, 0.15) is 44.6 Å². The Kier molecular flexibility index (Phi) is 3.49. The quantitative estimate of drug-likeness (QED) is 0.883. The number of fused-ring (bicyclic) bond motifs is 1. The molecule has 1 aromatic heterocycles. The smallest absolute Gasteiger partial charge is 0.138 e. The summed E-state index contributed by atoms with van der Waals surface area (Å²) < 4.78 is 6.00.